The van der Waals surface area contributed by atoms with Crippen LogP contribution in [-0.4, -0.2) is 16.8 Å². The molecule has 0 aliphatic heterocycles. The molecule has 1 atom stereocenters. The number of hydrogen-bond donors (Lipinski definition) is 3. The number of aliphatic hydroxyl groups excluding tert-OH is 1. The fraction of sp³-hybridized carbons (Fsp3) is 0.400. The summed E-state index contributed by atoms with van der Waals surface area (Å²) in [5.74, 6) is -0.653. The van der Waals surface area contributed by atoms with Gasteiger partial charge >= 0.3 is 0 Å². The van der Waals surface area contributed by atoms with Crippen LogP contribution >= 0.6 is 0 Å². The summed E-state index contributed by atoms with van der Waals surface area (Å²) in [4.78, 5) is 0. The number of hydrogen-bond acceptors (Lipinski definition) is 3. The fourth-order valence-electron chi connectivity index (χ4n) is 1.33. The summed E-state index contributed by atoms with van der Waals surface area (Å²) < 4.78 is 13.3. The van der Waals surface area contributed by atoms with Gasteiger partial charge in [-0.25, -0.2) is 4.39 Å². The highest BCUT2D eigenvalue weighted by Crippen LogP contribution is 2.30. The van der Waals surface area contributed by atoms with E-state index in [9.17, 15) is 9.50 Å². The molecule has 3 nitrogen and oxygen atoms in total. The zero-order valence-corrected chi connectivity index (χ0v) is 8.00. The monoisotopic (exact) mass is 199 g/mol. The van der Waals surface area contributed by atoms with Gasteiger partial charge in [-0.3, -0.25) is 0 Å². The third-order valence-electron chi connectivity index (χ3n) is 2.18. The number of aryl methyl sites for hydroxylation is 1. The molecule has 0 fully saturated rings. The number of nitrogens with two attached hydrogens (primary N) is 1. The van der Waals surface area contributed by atoms with E-state index in [1.807, 2.05) is 0 Å². The topological polar surface area (TPSA) is 66.5 Å². The van der Waals surface area contributed by atoms with Crippen molar-refractivity contribution in [2.24, 2.45) is 5.73 Å². The van der Waals surface area contributed by atoms with E-state index in [1.165, 1.54) is 12.1 Å². The highest BCUT2D eigenvalue weighted by Gasteiger charge is 2.16. The zero-order chi connectivity index (χ0) is 10.7. The van der Waals surface area contributed by atoms with Crippen molar-refractivity contribution in [3.05, 3.63) is 29.1 Å². The number of aliphatic hydroxyl groups is 1. The average molecular weight is 199 g/mol. The second-order valence-electron chi connectivity index (χ2n) is 3.25. The van der Waals surface area contributed by atoms with Crippen LogP contribution in [0.5, 0.6) is 5.75 Å². The Kier molecular flexibility index (Phi) is 3.43. The van der Waals surface area contributed by atoms with Gasteiger partial charge in [-0.2, -0.15) is 0 Å². The summed E-state index contributed by atoms with van der Waals surface area (Å²) in [6, 6.07) is 2.08. The number of rotatable bonds is 3. The summed E-state index contributed by atoms with van der Waals surface area (Å²) in [5.41, 5.74) is 6.28. The van der Waals surface area contributed by atoms with Gasteiger partial charge < -0.3 is 15.9 Å². The summed E-state index contributed by atoms with van der Waals surface area (Å²) >= 11 is 0. The Bertz CT molecular complexity index is 328. The van der Waals surface area contributed by atoms with Crippen LogP contribution in [0, 0.1) is 12.7 Å². The lowest BCUT2D eigenvalue weighted by Gasteiger charge is -2.14. The lowest BCUT2D eigenvalue weighted by Crippen LogP contribution is -2.14. The number of benzene rings is 1. The molecule has 0 unspecified atom stereocenters. The molecule has 4 heteroatoms. The molecule has 14 heavy (non-hydrogen) atoms. The molecule has 0 saturated heterocycles. The van der Waals surface area contributed by atoms with Gasteiger partial charge in [0.25, 0.3) is 0 Å². The largest absolute Gasteiger partial charge is 0.507 e. The van der Waals surface area contributed by atoms with Crippen LogP contribution < -0.4 is 5.73 Å². The van der Waals surface area contributed by atoms with Gasteiger partial charge in [-0.15, -0.1) is 0 Å². The lowest BCUT2D eigenvalue weighted by molar-refractivity contribution is 0.274. The molecule has 0 aromatic heterocycles. The maximum Gasteiger partial charge on any atom is 0.131 e. The molecular weight excluding hydrogens is 185 g/mol. The summed E-state index contributed by atoms with van der Waals surface area (Å²) in [7, 11) is 0. The molecule has 1 aromatic carbocycles. The second kappa shape index (κ2) is 4.39. The van der Waals surface area contributed by atoms with Crippen LogP contribution in [0.15, 0.2) is 12.1 Å². The average Bonchev–Trinajstić information content (AvgIpc) is 2.13. The molecule has 0 heterocycles. The van der Waals surface area contributed by atoms with E-state index in [2.05, 4.69) is 0 Å². The highest BCUT2D eigenvalue weighted by molar-refractivity contribution is 5.42. The van der Waals surface area contributed by atoms with Crippen LogP contribution in [-0.2, 0) is 0 Å². The molecule has 0 bridgehead atoms. The molecular formula is C10H14FNO2. The fourth-order valence-corrected chi connectivity index (χ4v) is 1.33. The maximum atomic E-state index is 13.3. The van der Waals surface area contributed by atoms with Crippen LogP contribution in [0.3, 0.4) is 0 Å². The number of halogens is 1. The predicted octanol–water partition coefficient (Wildman–Crippen LogP) is 1.22. The lowest BCUT2D eigenvalue weighted by atomic mass is 10.0. The van der Waals surface area contributed by atoms with E-state index in [4.69, 9.17) is 10.8 Å². The van der Waals surface area contributed by atoms with Gasteiger partial charge in [0.15, 0.2) is 0 Å². The third-order valence-corrected chi connectivity index (χ3v) is 2.18. The van der Waals surface area contributed by atoms with Crippen molar-refractivity contribution in [2.75, 3.05) is 6.61 Å². The Balaban J connectivity index is 3.11. The smallest absolute Gasteiger partial charge is 0.131 e. The van der Waals surface area contributed by atoms with Gasteiger partial charge in [0.05, 0.1) is 0 Å². The van der Waals surface area contributed by atoms with Gasteiger partial charge in [0.1, 0.15) is 11.6 Å². The number of phenolic OH excluding ortho intramolecular Hbond substituents is 1. The molecule has 78 valence electrons. The van der Waals surface area contributed by atoms with Gasteiger partial charge in [-0.05, 0) is 25.0 Å². The standard InChI is InChI=1S/C10H14FNO2/c1-6-2-3-7(11)9(10(6)14)8(12)4-5-13/h2-3,8,13-14H,4-5,12H2,1H3/t8-/m0/s1. The highest BCUT2D eigenvalue weighted by atomic mass is 19.1. The molecule has 0 aliphatic carbocycles. The Morgan fingerprint density at radius 2 is 2.14 bits per heavy atom. The van der Waals surface area contributed by atoms with Crippen LogP contribution in [0.2, 0.25) is 0 Å². The summed E-state index contributed by atoms with van der Waals surface area (Å²) in [6.45, 7) is 1.54. The molecule has 0 amide bonds. The van der Waals surface area contributed by atoms with Crippen molar-refractivity contribution in [2.45, 2.75) is 19.4 Å². The first-order valence-electron chi connectivity index (χ1n) is 4.42. The van der Waals surface area contributed by atoms with E-state index >= 15 is 0 Å². The van der Waals surface area contributed by atoms with Crippen LogP contribution in [0.25, 0.3) is 0 Å². The van der Waals surface area contributed by atoms with E-state index in [-0.39, 0.29) is 24.3 Å². The minimum Gasteiger partial charge on any atom is -0.507 e. The van der Waals surface area contributed by atoms with Crippen molar-refractivity contribution in [3.8, 4) is 5.75 Å². The van der Waals surface area contributed by atoms with E-state index in [0.717, 1.165) is 0 Å². The van der Waals surface area contributed by atoms with Crippen molar-refractivity contribution in [3.63, 3.8) is 0 Å². The van der Waals surface area contributed by atoms with E-state index in [1.54, 1.807) is 6.92 Å². The second-order valence-corrected chi connectivity index (χ2v) is 3.25. The van der Waals surface area contributed by atoms with Crippen molar-refractivity contribution in [1.29, 1.82) is 0 Å². The number of aromatic hydroxyl groups is 1. The molecule has 0 aliphatic rings. The van der Waals surface area contributed by atoms with Crippen LogP contribution in [0.1, 0.15) is 23.6 Å². The summed E-state index contributed by atoms with van der Waals surface area (Å²) in [5, 5.41) is 18.2. The van der Waals surface area contributed by atoms with Gasteiger partial charge in [0.2, 0.25) is 0 Å². The molecule has 0 saturated carbocycles. The maximum absolute atomic E-state index is 13.3. The Labute approximate surface area is 82.0 Å². The van der Waals surface area contributed by atoms with Gasteiger partial charge in [0, 0.05) is 18.2 Å². The first kappa shape index (κ1) is 10.9. The van der Waals surface area contributed by atoms with Gasteiger partial charge in [-0.1, -0.05) is 6.07 Å². The first-order valence-corrected chi connectivity index (χ1v) is 4.42. The molecule has 4 N–H and O–H groups in total. The van der Waals surface area contributed by atoms with Crippen LogP contribution in [0.4, 0.5) is 4.39 Å². The van der Waals surface area contributed by atoms with Crippen molar-refractivity contribution in [1.82, 2.24) is 0 Å². The SMILES string of the molecule is Cc1ccc(F)c([C@@H](N)CCO)c1O. The Morgan fingerprint density at radius 3 is 2.71 bits per heavy atom. The number of phenols is 1. The predicted molar refractivity (Wildman–Crippen MR) is 51.4 cm³/mol. The molecule has 0 spiro atoms. The van der Waals surface area contributed by atoms with E-state index in [0.29, 0.717) is 5.56 Å². The van der Waals surface area contributed by atoms with E-state index < -0.39 is 11.9 Å². The van der Waals surface area contributed by atoms with Crippen molar-refractivity contribution >= 4 is 0 Å². The quantitative estimate of drug-likeness (QED) is 0.685. The Hall–Kier alpha value is -1.13. The van der Waals surface area contributed by atoms with Crippen molar-refractivity contribution < 1.29 is 14.6 Å². The minimum absolute atomic E-state index is 0.0825. The summed E-state index contributed by atoms with van der Waals surface area (Å²) in [6.07, 6.45) is 0.230. The first-order chi connectivity index (χ1) is 6.57. The molecule has 1 aromatic rings. The zero-order valence-electron chi connectivity index (χ0n) is 8.00. The third kappa shape index (κ3) is 2.02. The minimum atomic E-state index is -0.667. The molecule has 1 rings (SSSR count). The Morgan fingerprint density at radius 1 is 1.50 bits per heavy atom. The normalized spacial score (nSPS) is 12.9. The molecule has 0 radical (unpaired) electrons.